The van der Waals surface area contributed by atoms with Crippen LogP contribution in [0.4, 0.5) is 5.69 Å². The van der Waals surface area contributed by atoms with Gasteiger partial charge < -0.3 is 10.7 Å². The highest BCUT2D eigenvalue weighted by molar-refractivity contribution is 5.85. The molecule has 62 valence electrons. The second-order valence-electron chi connectivity index (χ2n) is 2.97. The minimum atomic E-state index is 0.830. The highest BCUT2D eigenvalue weighted by Gasteiger charge is 2.00. The molecular formula is C10H12N2. The van der Waals surface area contributed by atoms with Crippen molar-refractivity contribution in [3.8, 4) is 0 Å². The predicted octanol–water partition coefficient (Wildman–Crippen LogP) is 2.31. The third-order valence-electron chi connectivity index (χ3n) is 2.17. The molecule has 2 nitrogen and oxygen atoms in total. The van der Waals surface area contributed by atoms with Gasteiger partial charge in [0.15, 0.2) is 0 Å². The van der Waals surface area contributed by atoms with Crippen LogP contribution in [-0.2, 0) is 6.42 Å². The molecule has 0 amide bonds. The number of hydrogen-bond donors (Lipinski definition) is 2. The first-order valence-corrected chi connectivity index (χ1v) is 4.16. The summed E-state index contributed by atoms with van der Waals surface area (Å²) >= 11 is 0. The lowest BCUT2D eigenvalue weighted by molar-refractivity contribution is 1.15. The van der Waals surface area contributed by atoms with Crippen LogP contribution in [0.1, 0.15) is 12.5 Å². The molecule has 0 atom stereocenters. The molecule has 2 heteroatoms. The SMILES string of the molecule is CCc1c[nH]c2ccc(N)cc12. The number of benzene rings is 1. The lowest BCUT2D eigenvalue weighted by Gasteiger charge is -1.95. The summed E-state index contributed by atoms with van der Waals surface area (Å²) in [6.07, 6.45) is 3.09. The topological polar surface area (TPSA) is 41.8 Å². The summed E-state index contributed by atoms with van der Waals surface area (Å²) in [6, 6.07) is 5.95. The van der Waals surface area contributed by atoms with Gasteiger partial charge in [0.05, 0.1) is 0 Å². The summed E-state index contributed by atoms with van der Waals surface area (Å²) in [5.74, 6) is 0. The van der Waals surface area contributed by atoms with E-state index in [9.17, 15) is 0 Å². The summed E-state index contributed by atoms with van der Waals surface area (Å²) < 4.78 is 0. The van der Waals surface area contributed by atoms with Crippen molar-refractivity contribution in [2.24, 2.45) is 0 Å². The fraction of sp³-hybridized carbons (Fsp3) is 0.200. The summed E-state index contributed by atoms with van der Waals surface area (Å²) in [7, 11) is 0. The van der Waals surface area contributed by atoms with Crippen molar-refractivity contribution in [2.45, 2.75) is 13.3 Å². The minimum absolute atomic E-state index is 0.830. The number of nitrogen functional groups attached to an aromatic ring is 1. The van der Waals surface area contributed by atoms with E-state index in [0.29, 0.717) is 0 Å². The first-order chi connectivity index (χ1) is 5.81. The molecule has 2 rings (SSSR count). The molecule has 2 aromatic rings. The predicted molar refractivity (Wildman–Crippen MR) is 52.1 cm³/mol. The lowest BCUT2D eigenvalue weighted by Crippen LogP contribution is -1.83. The van der Waals surface area contributed by atoms with Gasteiger partial charge >= 0.3 is 0 Å². The zero-order valence-electron chi connectivity index (χ0n) is 7.09. The second-order valence-corrected chi connectivity index (χ2v) is 2.97. The fourth-order valence-electron chi connectivity index (χ4n) is 1.49. The zero-order valence-corrected chi connectivity index (χ0v) is 7.09. The molecule has 0 fully saturated rings. The van der Waals surface area contributed by atoms with Crippen LogP contribution in [0.25, 0.3) is 10.9 Å². The Morgan fingerprint density at radius 3 is 3.00 bits per heavy atom. The normalized spacial score (nSPS) is 10.8. The number of fused-ring (bicyclic) bond motifs is 1. The number of H-pyrrole nitrogens is 1. The maximum absolute atomic E-state index is 5.69. The van der Waals surface area contributed by atoms with Gasteiger partial charge in [0.1, 0.15) is 0 Å². The summed E-state index contributed by atoms with van der Waals surface area (Å²) in [6.45, 7) is 2.14. The van der Waals surface area contributed by atoms with E-state index >= 15 is 0 Å². The Balaban J connectivity index is 2.75. The zero-order chi connectivity index (χ0) is 8.55. The minimum Gasteiger partial charge on any atom is -0.399 e. The average molecular weight is 160 g/mol. The van der Waals surface area contributed by atoms with Crippen molar-refractivity contribution in [1.29, 1.82) is 0 Å². The van der Waals surface area contributed by atoms with Crippen LogP contribution in [0.3, 0.4) is 0 Å². The van der Waals surface area contributed by atoms with Gasteiger partial charge in [0.2, 0.25) is 0 Å². The van der Waals surface area contributed by atoms with Gasteiger partial charge in [-0.1, -0.05) is 6.92 Å². The van der Waals surface area contributed by atoms with E-state index in [1.807, 2.05) is 24.4 Å². The van der Waals surface area contributed by atoms with E-state index in [1.54, 1.807) is 0 Å². The van der Waals surface area contributed by atoms with Gasteiger partial charge in [-0.25, -0.2) is 0 Å². The number of rotatable bonds is 1. The van der Waals surface area contributed by atoms with Crippen LogP contribution in [0, 0.1) is 0 Å². The Kier molecular flexibility index (Phi) is 1.54. The molecular weight excluding hydrogens is 148 g/mol. The number of hydrogen-bond acceptors (Lipinski definition) is 1. The molecule has 0 bridgehead atoms. The Labute approximate surface area is 71.4 Å². The molecule has 0 saturated carbocycles. The Morgan fingerprint density at radius 2 is 2.25 bits per heavy atom. The van der Waals surface area contributed by atoms with E-state index in [0.717, 1.165) is 12.1 Å². The van der Waals surface area contributed by atoms with Crippen LogP contribution in [0.5, 0.6) is 0 Å². The maximum Gasteiger partial charge on any atom is 0.0458 e. The first kappa shape index (κ1) is 7.22. The molecule has 3 N–H and O–H groups in total. The quantitative estimate of drug-likeness (QED) is 0.617. The number of aromatic nitrogens is 1. The smallest absolute Gasteiger partial charge is 0.0458 e. The van der Waals surface area contributed by atoms with Crippen LogP contribution >= 0.6 is 0 Å². The Bertz CT molecular complexity index is 401. The average Bonchev–Trinajstić information content (AvgIpc) is 2.46. The van der Waals surface area contributed by atoms with E-state index < -0.39 is 0 Å². The fourth-order valence-corrected chi connectivity index (χ4v) is 1.49. The molecule has 0 saturated heterocycles. The summed E-state index contributed by atoms with van der Waals surface area (Å²) in [4.78, 5) is 3.21. The van der Waals surface area contributed by atoms with Crippen LogP contribution in [0.2, 0.25) is 0 Å². The number of nitrogens with one attached hydrogen (secondary N) is 1. The monoisotopic (exact) mass is 160 g/mol. The van der Waals surface area contributed by atoms with Crippen molar-refractivity contribution >= 4 is 16.6 Å². The second kappa shape index (κ2) is 2.55. The summed E-state index contributed by atoms with van der Waals surface area (Å²) in [5.41, 5.74) is 9.02. The summed E-state index contributed by atoms with van der Waals surface area (Å²) in [5, 5.41) is 1.25. The Hall–Kier alpha value is -1.44. The van der Waals surface area contributed by atoms with Crippen molar-refractivity contribution in [2.75, 3.05) is 5.73 Å². The molecule has 0 aliphatic rings. The molecule has 0 unspecified atom stereocenters. The molecule has 0 aliphatic carbocycles. The molecule has 12 heavy (non-hydrogen) atoms. The van der Waals surface area contributed by atoms with Crippen molar-refractivity contribution in [3.05, 3.63) is 30.0 Å². The number of aromatic amines is 1. The van der Waals surface area contributed by atoms with Crippen LogP contribution in [0.15, 0.2) is 24.4 Å². The van der Waals surface area contributed by atoms with E-state index in [1.165, 1.54) is 16.5 Å². The third kappa shape index (κ3) is 0.961. The number of nitrogens with two attached hydrogens (primary N) is 1. The van der Waals surface area contributed by atoms with E-state index in [-0.39, 0.29) is 0 Å². The molecule has 0 radical (unpaired) electrons. The highest BCUT2D eigenvalue weighted by atomic mass is 14.7. The van der Waals surface area contributed by atoms with Gasteiger partial charge in [0.25, 0.3) is 0 Å². The van der Waals surface area contributed by atoms with E-state index in [2.05, 4.69) is 11.9 Å². The Morgan fingerprint density at radius 1 is 1.42 bits per heavy atom. The molecule has 1 heterocycles. The first-order valence-electron chi connectivity index (χ1n) is 4.16. The molecule has 0 spiro atoms. The molecule has 1 aromatic heterocycles. The number of anilines is 1. The van der Waals surface area contributed by atoms with Gasteiger partial charge in [-0.3, -0.25) is 0 Å². The van der Waals surface area contributed by atoms with E-state index in [4.69, 9.17) is 5.73 Å². The lowest BCUT2D eigenvalue weighted by atomic mass is 10.1. The largest absolute Gasteiger partial charge is 0.399 e. The molecule has 0 aliphatic heterocycles. The highest BCUT2D eigenvalue weighted by Crippen LogP contribution is 2.20. The van der Waals surface area contributed by atoms with Gasteiger partial charge in [0, 0.05) is 22.8 Å². The van der Waals surface area contributed by atoms with Crippen molar-refractivity contribution in [3.63, 3.8) is 0 Å². The van der Waals surface area contributed by atoms with Gasteiger partial charge in [-0.15, -0.1) is 0 Å². The van der Waals surface area contributed by atoms with Crippen molar-refractivity contribution in [1.82, 2.24) is 4.98 Å². The van der Waals surface area contributed by atoms with Crippen molar-refractivity contribution < 1.29 is 0 Å². The standard InChI is InChI=1S/C10H12N2/c1-2-7-6-12-10-4-3-8(11)5-9(7)10/h3-6,12H,2,11H2,1H3. The van der Waals surface area contributed by atoms with Crippen LogP contribution < -0.4 is 5.73 Å². The number of aryl methyl sites for hydroxylation is 1. The maximum atomic E-state index is 5.69. The van der Waals surface area contributed by atoms with Crippen LogP contribution in [-0.4, -0.2) is 4.98 Å². The molecule has 1 aromatic carbocycles. The third-order valence-corrected chi connectivity index (χ3v) is 2.17. The van der Waals surface area contributed by atoms with Gasteiger partial charge in [-0.05, 0) is 30.2 Å². The van der Waals surface area contributed by atoms with Gasteiger partial charge in [-0.2, -0.15) is 0 Å².